The molecule has 2 rings (SSSR count). The topological polar surface area (TPSA) is 23.5 Å². The van der Waals surface area contributed by atoms with Gasteiger partial charge in [-0.05, 0) is 50.5 Å². The van der Waals surface area contributed by atoms with Crippen molar-refractivity contribution in [3.63, 3.8) is 0 Å². The maximum Gasteiger partial charge on any atom is 0.0695 e. The number of hydrogen-bond donors (Lipinski definition) is 1. The van der Waals surface area contributed by atoms with Crippen LogP contribution in [0.2, 0.25) is 0 Å². The van der Waals surface area contributed by atoms with Crippen LogP contribution in [0.3, 0.4) is 0 Å². The second-order valence-corrected chi connectivity index (χ2v) is 7.24. The van der Waals surface area contributed by atoms with Gasteiger partial charge in [0.05, 0.1) is 6.10 Å². The van der Waals surface area contributed by atoms with Crippen molar-refractivity contribution in [2.24, 2.45) is 11.3 Å². The van der Waals surface area contributed by atoms with Crippen molar-refractivity contribution in [2.75, 3.05) is 7.05 Å². The van der Waals surface area contributed by atoms with Crippen LogP contribution in [0.4, 0.5) is 0 Å². The Bertz CT molecular complexity index is 272. The van der Waals surface area contributed by atoms with Crippen molar-refractivity contribution < 1.29 is 5.11 Å². The average molecular weight is 253 g/mol. The fraction of sp³-hybridized carbons (Fsp3) is 1.00. The molecule has 0 amide bonds. The van der Waals surface area contributed by atoms with Crippen LogP contribution < -0.4 is 0 Å². The summed E-state index contributed by atoms with van der Waals surface area (Å²) < 4.78 is 0. The Balaban J connectivity index is 2.00. The van der Waals surface area contributed by atoms with Gasteiger partial charge in [0.1, 0.15) is 0 Å². The highest BCUT2D eigenvalue weighted by molar-refractivity contribution is 4.93. The van der Waals surface area contributed by atoms with E-state index in [1.807, 2.05) is 0 Å². The zero-order valence-electron chi connectivity index (χ0n) is 12.7. The summed E-state index contributed by atoms with van der Waals surface area (Å²) in [5.74, 6) is 0.776. The SMILES string of the molecule is CCC(C)(C)C1CCC(O)C(N(C)C2CCC2)C1. The van der Waals surface area contributed by atoms with Crippen LogP contribution >= 0.6 is 0 Å². The van der Waals surface area contributed by atoms with Crippen molar-refractivity contribution in [1.29, 1.82) is 0 Å². The average Bonchev–Trinajstić information content (AvgIpc) is 2.26. The zero-order chi connectivity index (χ0) is 13.3. The fourth-order valence-corrected chi connectivity index (χ4v) is 3.63. The predicted molar refractivity (Wildman–Crippen MR) is 76.6 cm³/mol. The molecule has 0 aromatic heterocycles. The minimum absolute atomic E-state index is 0.0977. The van der Waals surface area contributed by atoms with Gasteiger partial charge < -0.3 is 5.11 Å². The highest BCUT2D eigenvalue weighted by Gasteiger charge is 2.40. The van der Waals surface area contributed by atoms with Crippen molar-refractivity contribution in [3.05, 3.63) is 0 Å². The summed E-state index contributed by atoms with van der Waals surface area (Å²) in [7, 11) is 2.24. The third-order valence-corrected chi connectivity index (χ3v) is 5.97. The van der Waals surface area contributed by atoms with Gasteiger partial charge in [0.25, 0.3) is 0 Å². The first-order chi connectivity index (χ1) is 8.45. The molecule has 2 fully saturated rings. The van der Waals surface area contributed by atoms with E-state index in [1.54, 1.807) is 0 Å². The van der Waals surface area contributed by atoms with Gasteiger partial charge in [0.15, 0.2) is 0 Å². The van der Waals surface area contributed by atoms with E-state index in [0.29, 0.717) is 11.5 Å². The van der Waals surface area contributed by atoms with Crippen LogP contribution in [0.1, 0.15) is 65.7 Å². The van der Waals surface area contributed by atoms with E-state index < -0.39 is 0 Å². The summed E-state index contributed by atoms with van der Waals surface area (Å²) in [6.45, 7) is 7.10. The van der Waals surface area contributed by atoms with Crippen LogP contribution in [0.5, 0.6) is 0 Å². The Kier molecular flexibility index (Phi) is 4.38. The molecule has 1 N–H and O–H groups in total. The standard InChI is InChI=1S/C16H31NO/c1-5-16(2,3)12-9-10-15(18)14(11-12)17(4)13-7-6-8-13/h12-15,18H,5-11H2,1-4H3. The highest BCUT2D eigenvalue weighted by Crippen LogP contribution is 2.42. The van der Waals surface area contributed by atoms with Crippen LogP contribution in [-0.2, 0) is 0 Å². The number of rotatable bonds is 4. The Morgan fingerprint density at radius 1 is 1.17 bits per heavy atom. The quantitative estimate of drug-likeness (QED) is 0.829. The van der Waals surface area contributed by atoms with E-state index in [4.69, 9.17) is 0 Å². The molecule has 0 aromatic rings. The third-order valence-electron chi connectivity index (χ3n) is 5.97. The van der Waals surface area contributed by atoms with Gasteiger partial charge in [-0.15, -0.1) is 0 Å². The van der Waals surface area contributed by atoms with Gasteiger partial charge in [-0.2, -0.15) is 0 Å². The molecule has 2 heteroatoms. The number of nitrogens with zero attached hydrogens (tertiary/aromatic N) is 1. The van der Waals surface area contributed by atoms with Gasteiger partial charge in [0, 0.05) is 12.1 Å². The molecule has 0 radical (unpaired) electrons. The summed E-state index contributed by atoms with van der Waals surface area (Å²) in [5.41, 5.74) is 0.429. The van der Waals surface area contributed by atoms with Crippen molar-refractivity contribution >= 4 is 0 Å². The normalized spacial score (nSPS) is 34.7. The lowest BCUT2D eigenvalue weighted by Crippen LogP contribution is -2.53. The molecule has 2 saturated carbocycles. The first kappa shape index (κ1) is 14.3. The van der Waals surface area contributed by atoms with Crippen LogP contribution in [0.15, 0.2) is 0 Å². The second-order valence-electron chi connectivity index (χ2n) is 7.24. The molecule has 2 aliphatic rings. The molecule has 0 aliphatic heterocycles. The Labute approximate surface area is 113 Å². The number of aliphatic hydroxyl groups is 1. The molecule has 0 heterocycles. The molecule has 0 spiro atoms. The molecule has 2 aliphatic carbocycles. The molecule has 2 nitrogen and oxygen atoms in total. The lowest BCUT2D eigenvalue weighted by molar-refractivity contribution is -0.0377. The van der Waals surface area contributed by atoms with E-state index in [1.165, 1.54) is 38.5 Å². The Hall–Kier alpha value is -0.0800. The number of aliphatic hydroxyl groups excluding tert-OH is 1. The van der Waals surface area contributed by atoms with E-state index in [9.17, 15) is 5.11 Å². The maximum atomic E-state index is 10.3. The molecular weight excluding hydrogens is 222 g/mol. The number of hydrogen-bond acceptors (Lipinski definition) is 2. The minimum atomic E-state index is -0.0977. The molecular formula is C16H31NO. The second kappa shape index (κ2) is 5.50. The molecule has 3 atom stereocenters. The molecule has 0 bridgehead atoms. The van der Waals surface area contributed by atoms with Gasteiger partial charge >= 0.3 is 0 Å². The van der Waals surface area contributed by atoms with E-state index in [2.05, 4.69) is 32.7 Å². The summed E-state index contributed by atoms with van der Waals surface area (Å²) in [6.07, 6.45) is 8.58. The lowest BCUT2D eigenvalue weighted by atomic mass is 9.67. The fourth-order valence-electron chi connectivity index (χ4n) is 3.63. The van der Waals surface area contributed by atoms with Gasteiger partial charge in [0.2, 0.25) is 0 Å². The van der Waals surface area contributed by atoms with Crippen molar-refractivity contribution in [2.45, 2.75) is 83.9 Å². The Morgan fingerprint density at radius 3 is 2.33 bits per heavy atom. The predicted octanol–water partition coefficient (Wildman–Crippen LogP) is 3.44. The van der Waals surface area contributed by atoms with Crippen LogP contribution in [0, 0.1) is 11.3 Å². The Morgan fingerprint density at radius 2 is 1.83 bits per heavy atom. The smallest absolute Gasteiger partial charge is 0.0695 e. The van der Waals surface area contributed by atoms with E-state index in [-0.39, 0.29) is 6.10 Å². The summed E-state index contributed by atoms with van der Waals surface area (Å²) in [6, 6.07) is 1.15. The molecule has 0 saturated heterocycles. The first-order valence-electron chi connectivity index (χ1n) is 7.85. The van der Waals surface area contributed by atoms with Crippen LogP contribution in [-0.4, -0.2) is 35.2 Å². The highest BCUT2D eigenvalue weighted by atomic mass is 16.3. The largest absolute Gasteiger partial charge is 0.391 e. The monoisotopic (exact) mass is 253 g/mol. The summed E-state index contributed by atoms with van der Waals surface area (Å²) in [5, 5.41) is 10.3. The maximum absolute atomic E-state index is 10.3. The minimum Gasteiger partial charge on any atom is -0.391 e. The van der Waals surface area contributed by atoms with Crippen molar-refractivity contribution in [1.82, 2.24) is 4.90 Å². The lowest BCUT2D eigenvalue weighted by Gasteiger charge is -2.48. The molecule has 106 valence electrons. The van der Waals surface area contributed by atoms with Gasteiger partial charge in [-0.25, -0.2) is 0 Å². The molecule has 3 unspecified atom stereocenters. The summed E-state index contributed by atoms with van der Waals surface area (Å²) in [4.78, 5) is 2.49. The van der Waals surface area contributed by atoms with E-state index >= 15 is 0 Å². The first-order valence-corrected chi connectivity index (χ1v) is 7.85. The van der Waals surface area contributed by atoms with E-state index in [0.717, 1.165) is 18.4 Å². The van der Waals surface area contributed by atoms with Crippen LogP contribution in [0.25, 0.3) is 0 Å². The zero-order valence-corrected chi connectivity index (χ0v) is 12.7. The van der Waals surface area contributed by atoms with Gasteiger partial charge in [-0.3, -0.25) is 4.90 Å². The number of likely N-dealkylation sites (N-methyl/N-ethyl adjacent to an activating group) is 1. The molecule has 18 heavy (non-hydrogen) atoms. The van der Waals surface area contributed by atoms with Crippen molar-refractivity contribution in [3.8, 4) is 0 Å². The molecule has 0 aromatic carbocycles. The summed E-state index contributed by atoms with van der Waals surface area (Å²) >= 11 is 0. The third kappa shape index (κ3) is 2.75. The van der Waals surface area contributed by atoms with Gasteiger partial charge in [-0.1, -0.05) is 33.6 Å².